The summed E-state index contributed by atoms with van der Waals surface area (Å²) in [6, 6.07) is 11.5. The minimum Gasteiger partial charge on any atom is -0.484 e. The zero-order valence-electron chi connectivity index (χ0n) is 12.7. The van der Waals surface area contributed by atoms with E-state index in [1.165, 1.54) is 17.8 Å². The lowest BCUT2D eigenvalue weighted by molar-refractivity contribution is -0.122. The lowest BCUT2D eigenvalue weighted by Crippen LogP contribution is -2.30. The van der Waals surface area contributed by atoms with Crippen molar-refractivity contribution in [1.82, 2.24) is 5.32 Å². The number of ether oxygens (including phenoxy) is 1. The number of nitrogens with one attached hydrogen (secondary N) is 1. The zero-order valence-corrected chi connectivity index (χ0v) is 15.1. The highest BCUT2D eigenvalue weighted by molar-refractivity contribution is 7.98. The normalized spacial score (nSPS) is 10.5. The van der Waals surface area contributed by atoms with Crippen molar-refractivity contribution in [3.8, 4) is 5.75 Å². The maximum Gasteiger partial charge on any atom is 0.257 e. The van der Waals surface area contributed by atoms with Gasteiger partial charge in [-0.15, -0.1) is 0 Å². The van der Waals surface area contributed by atoms with Crippen LogP contribution in [0.15, 0.2) is 42.5 Å². The summed E-state index contributed by atoms with van der Waals surface area (Å²) < 4.78 is 18.9. The summed E-state index contributed by atoms with van der Waals surface area (Å²) in [5, 5.41) is 3.71. The van der Waals surface area contributed by atoms with E-state index in [4.69, 9.17) is 27.9 Å². The molecule has 128 valence electrons. The quantitative estimate of drug-likeness (QED) is 0.674. The van der Waals surface area contributed by atoms with Gasteiger partial charge in [-0.25, -0.2) is 4.39 Å². The van der Waals surface area contributed by atoms with Crippen LogP contribution in [0, 0.1) is 5.82 Å². The maximum atomic E-state index is 13.6. The van der Waals surface area contributed by atoms with E-state index in [1.807, 2.05) is 0 Å². The van der Waals surface area contributed by atoms with Gasteiger partial charge in [-0.2, -0.15) is 11.8 Å². The van der Waals surface area contributed by atoms with Crippen molar-refractivity contribution in [2.24, 2.45) is 0 Å². The molecule has 2 aromatic carbocycles. The van der Waals surface area contributed by atoms with Gasteiger partial charge in [-0.1, -0.05) is 35.3 Å². The maximum absolute atomic E-state index is 13.6. The molecule has 0 fully saturated rings. The number of carbonyl (C=O) groups is 1. The smallest absolute Gasteiger partial charge is 0.257 e. The van der Waals surface area contributed by atoms with Gasteiger partial charge >= 0.3 is 0 Å². The number of hydrogen-bond donors (Lipinski definition) is 1. The summed E-state index contributed by atoms with van der Waals surface area (Å²) in [5.74, 6) is 1.11. The first-order valence-corrected chi connectivity index (χ1v) is 9.13. The molecule has 0 atom stereocenters. The van der Waals surface area contributed by atoms with Crippen LogP contribution in [0.3, 0.4) is 0 Å². The molecule has 0 aliphatic carbocycles. The summed E-state index contributed by atoms with van der Waals surface area (Å²) >= 11 is 13.3. The molecule has 0 radical (unpaired) electrons. The fraction of sp³-hybridized carbons (Fsp3) is 0.235. The number of carbonyl (C=O) groups excluding carboxylic acids is 1. The molecule has 3 nitrogen and oxygen atoms in total. The Kier molecular flexibility index (Phi) is 7.69. The number of amides is 1. The van der Waals surface area contributed by atoms with Crippen molar-refractivity contribution in [2.75, 3.05) is 18.9 Å². The second-order valence-corrected chi connectivity index (χ2v) is 6.80. The van der Waals surface area contributed by atoms with Crippen LogP contribution < -0.4 is 10.1 Å². The molecule has 0 spiro atoms. The lowest BCUT2D eigenvalue weighted by Gasteiger charge is -2.08. The summed E-state index contributed by atoms with van der Waals surface area (Å²) in [6.07, 6.45) is 0. The summed E-state index contributed by atoms with van der Waals surface area (Å²) in [5.41, 5.74) is 0.486. The van der Waals surface area contributed by atoms with Crippen LogP contribution in [0.4, 0.5) is 4.39 Å². The van der Waals surface area contributed by atoms with Gasteiger partial charge < -0.3 is 10.1 Å². The number of rotatable bonds is 8. The molecule has 0 saturated heterocycles. The van der Waals surface area contributed by atoms with Crippen LogP contribution in [-0.4, -0.2) is 24.8 Å². The SMILES string of the molecule is O=C(COc1cccc(Cl)c1)NCCSCc1c(F)cccc1Cl. The van der Waals surface area contributed by atoms with Crippen LogP contribution in [0.1, 0.15) is 5.56 Å². The van der Waals surface area contributed by atoms with Crippen molar-refractivity contribution in [1.29, 1.82) is 0 Å². The molecule has 0 aliphatic heterocycles. The number of benzene rings is 2. The van der Waals surface area contributed by atoms with Crippen LogP contribution in [0.2, 0.25) is 10.0 Å². The van der Waals surface area contributed by atoms with Gasteiger partial charge in [-0.05, 0) is 30.3 Å². The van der Waals surface area contributed by atoms with Gasteiger partial charge in [0, 0.05) is 33.7 Å². The van der Waals surface area contributed by atoms with Gasteiger partial charge in [-0.3, -0.25) is 4.79 Å². The topological polar surface area (TPSA) is 38.3 Å². The van der Waals surface area contributed by atoms with Gasteiger partial charge in [0.05, 0.1) is 0 Å². The second kappa shape index (κ2) is 9.77. The molecule has 24 heavy (non-hydrogen) atoms. The molecular weight excluding hydrogens is 372 g/mol. The molecule has 0 aromatic heterocycles. The lowest BCUT2D eigenvalue weighted by atomic mass is 10.2. The molecule has 1 amide bonds. The van der Waals surface area contributed by atoms with Crippen LogP contribution in [0.25, 0.3) is 0 Å². The first-order valence-electron chi connectivity index (χ1n) is 7.22. The number of thioether (sulfide) groups is 1. The zero-order chi connectivity index (χ0) is 17.4. The van der Waals surface area contributed by atoms with Crippen molar-refractivity contribution in [3.05, 3.63) is 63.9 Å². The van der Waals surface area contributed by atoms with Crippen molar-refractivity contribution in [3.63, 3.8) is 0 Å². The third-order valence-electron chi connectivity index (χ3n) is 3.04. The molecule has 0 unspecified atom stereocenters. The first-order chi connectivity index (χ1) is 11.6. The highest BCUT2D eigenvalue weighted by atomic mass is 35.5. The predicted molar refractivity (Wildman–Crippen MR) is 97.5 cm³/mol. The highest BCUT2D eigenvalue weighted by Gasteiger charge is 2.07. The minimum absolute atomic E-state index is 0.0792. The Hall–Kier alpha value is -1.43. The Labute approximate surface area is 154 Å². The average Bonchev–Trinajstić information content (AvgIpc) is 2.55. The van der Waals surface area contributed by atoms with E-state index in [1.54, 1.807) is 36.4 Å². The van der Waals surface area contributed by atoms with Crippen LogP contribution in [-0.2, 0) is 10.5 Å². The van der Waals surface area contributed by atoms with E-state index >= 15 is 0 Å². The van der Waals surface area contributed by atoms with E-state index in [2.05, 4.69) is 5.32 Å². The largest absolute Gasteiger partial charge is 0.484 e. The fourth-order valence-corrected chi connectivity index (χ4v) is 3.24. The minimum atomic E-state index is -0.311. The summed E-state index contributed by atoms with van der Waals surface area (Å²) in [6.45, 7) is 0.388. The second-order valence-electron chi connectivity index (χ2n) is 4.85. The summed E-state index contributed by atoms with van der Waals surface area (Å²) in [7, 11) is 0. The third kappa shape index (κ3) is 6.23. The predicted octanol–water partition coefficient (Wildman–Crippen LogP) is 4.56. The Bertz CT molecular complexity index is 680. The van der Waals surface area contributed by atoms with Crippen molar-refractivity contribution >= 4 is 40.9 Å². The Morgan fingerprint density at radius 1 is 1.21 bits per heavy atom. The Balaban J connectivity index is 1.63. The Morgan fingerprint density at radius 3 is 2.75 bits per heavy atom. The fourth-order valence-electron chi connectivity index (χ4n) is 1.86. The Morgan fingerprint density at radius 2 is 2.00 bits per heavy atom. The summed E-state index contributed by atoms with van der Waals surface area (Å²) in [4.78, 5) is 11.7. The monoisotopic (exact) mass is 387 g/mol. The van der Waals surface area contributed by atoms with Crippen LogP contribution in [0.5, 0.6) is 5.75 Å². The average molecular weight is 388 g/mol. The van der Waals surface area contributed by atoms with E-state index in [0.29, 0.717) is 39.4 Å². The van der Waals surface area contributed by atoms with Gasteiger partial charge in [0.1, 0.15) is 11.6 Å². The van der Waals surface area contributed by atoms with E-state index in [9.17, 15) is 9.18 Å². The van der Waals surface area contributed by atoms with Gasteiger partial charge in [0.15, 0.2) is 6.61 Å². The molecule has 0 aliphatic rings. The van der Waals surface area contributed by atoms with Gasteiger partial charge in [0.2, 0.25) is 0 Å². The standard InChI is InChI=1S/C17H16Cl2FNO2S/c18-12-3-1-4-13(9-12)23-10-17(22)21-7-8-24-11-14-15(19)5-2-6-16(14)20/h1-6,9H,7-8,10-11H2,(H,21,22). The number of halogens is 3. The van der Waals surface area contributed by atoms with E-state index in [0.717, 1.165) is 0 Å². The van der Waals surface area contributed by atoms with Crippen molar-refractivity contribution < 1.29 is 13.9 Å². The molecule has 0 saturated carbocycles. The first kappa shape index (κ1) is 18.9. The molecule has 2 aromatic rings. The van der Waals surface area contributed by atoms with Gasteiger partial charge in [0.25, 0.3) is 5.91 Å². The molecule has 1 N–H and O–H groups in total. The molecule has 2 rings (SSSR count). The number of hydrogen-bond acceptors (Lipinski definition) is 3. The third-order valence-corrected chi connectivity index (χ3v) is 4.62. The molecule has 0 heterocycles. The van der Waals surface area contributed by atoms with E-state index < -0.39 is 0 Å². The van der Waals surface area contributed by atoms with E-state index in [-0.39, 0.29) is 18.3 Å². The molecule has 0 bridgehead atoms. The molecule has 7 heteroatoms. The molecular formula is C17H16Cl2FNO2S. The van der Waals surface area contributed by atoms with Crippen LogP contribution >= 0.6 is 35.0 Å². The van der Waals surface area contributed by atoms with Crippen molar-refractivity contribution in [2.45, 2.75) is 5.75 Å². The highest BCUT2D eigenvalue weighted by Crippen LogP contribution is 2.23.